The number of aromatic nitrogens is 2. The summed E-state index contributed by atoms with van der Waals surface area (Å²) in [5.41, 5.74) is 4.53. The van der Waals surface area contributed by atoms with E-state index in [9.17, 15) is 34.7 Å². The molecule has 2 aliphatic heterocycles. The Morgan fingerprint density at radius 3 is 2.58 bits per heavy atom. The van der Waals surface area contributed by atoms with Crippen LogP contribution in [0.25, 0.3) is 0 Å². The van der Waals surface area contributed by atoms with E-state index in [2.05, 4.69) is 14.0 Å². The molecule has 8 N–H and O–H groups in total. The van der Waals surface area contributed by atoms with Crippen LogP contribution in [0.1, 0.15) is 12.6 Å². The SMILES string of the molecule is Nc1ccn([C@@H]2O[C@H](COP(=O)(O)O[C@]3(O)C[C@H](O)[C@@H](CO)O3)[C@@H](O)[C@H]2O)c(=O)n1.[NaH]. The van der Waals surface area contributed by atoms with Gasteiger partial charge in [-0.3, -0.25) is 9.09 Å². The number of hydrogen-bond donors (Lipinski definition) is 7. The van der Waals surface area contributed by atoms with Gasteiger partial charge in [0.25, 0.3) is 5.97 Å². The van der Waals surface area contributed by atoms with Gasteiger partial charge in [-0.2, -0.15) is 4.98 Å². The number of rotatable bonds is 7. The first-order valence-electron chi connectivity index (χ1n) is 8.68. The Kier molecular flexibility index (Phi) is 8.80. The van der Waals surface area contributed by atoms with Crippen LogP contribution >= 0.6 is 7.82 Å². The van der Waals surface area contributed by atoms with Crippen LogP contribution in [0.2, 0.25) is 0 Å². The fraction of sp³-hybridized carbons (Fsp3) is 0.714. The van der Waals surface area contributed by atoms with Crippen molar-refractivity contribution in [2.24, 2.45) is 0 Å². The second-order valence-electron chi connectivity index (χ2n) is 6.77. The Bertz CT molecular complexity index is 875. The van der Waals surface area contributed by atoms with Crippen LogP contribution in [0, 0.1) is 0 Å². The molecule has 3 heterocycles. The zero-order chi connectivity index (χ0) is 22.3. The standard InChI is InChI=1S/C14H22N3O12P.Na.H/c15-9-1-2-17(13(22)16-9)12-11(21)10(20)8(27-12)5-26-30(24,25)29-14(23)3-6(19)7(4-18)28-14;;/h1-2,6-8,10-12,18-21,23H,3-5H2,(H,24,25)(H2,15,16,22);;/t6-,7+,8+,10+,11+,12+,14-;;/m0../s1. The predicted molar refractivity (Wildman–Crippen MR) is 100 cm³/mol. The minimum atomic E-state index is -5.02. The predicted octanol–water partition coefficient (Wildman–Crippen LogP) is -4.28. The maximum absolute atomic E-state index is 12.1. The van der Waals surface area contributed by atoms with Crippen molar-refractivity contribution in [1.82, 2.24) is 9.55 Å². The zero-order valence-electron chi connectivity index (χ0n) is 15.3. The molecule has 3 rings (SSSR count). The maximum atomic E-state index is 12.1. The zero-order valence-corrected chi connectivity index (χ0v) is 16.2. The third kappa shape index (κ3) is 6.10. The van der Waals surface area contributed by atoms with Crippen molar-refractivity contribution in [2.45, 2.75) is 49.1 Å². The quantitative estimate of drug-likeness (QED) is 0.111. The Morgan fingerprint density at radius 2 is 2.00 bits per heavy atom. The van der Waals surface area contributed by atoms with Gasteiger partial charge in [0.2, 0.25) is 0 Å². The van der Waals surface area contributed by atoms with E-state index in [1.54, 1.807) is 0 Å². The number of ether oxygens (including phenoxy) is 2. The molecule has 17 heteroatoms. The third-order valence-electron chi connectivity index (χ3n) is 4.53. The second kappa shape index (κ2) is 10.2. The Morgan fingerprint density at radius 1 is 1.32 bits per heavy atom. The van der Waals surface area contributed by atoms with E-state index in [-0.39, 0.29) is 35.4 Å². The van der Waals surface area contributed by atoms with E-state index in [4.69, 9.17) is 20.3 Å². The first-order chi connectivity index (χ1) is 13.9. The van der Waals surface area contributed by atoms with Crippen LogP contribution in [0.5, 0.6) is 0 Å². The minimum absolute atomic E-state index is 0. The molecule has 172 valence electrons. The van der Waals surface area contributed by atoms with Crippen LogP contribution in [-0.2, 0) is 23.1 Å². The molecular weight excluding hydrogens is 456 g/mol. The van der Waals surface area contributed by atoms with Crippen molar-refractivity contribution >= 4 is 43.2 Å². The molecule has 1 unspecified atom stereocenters. The first-order valence-corrected chi connectivity index (χ1v) is 10.2. The van der Waals surface area contributed by atoms with Gasteiger partial charge in [-0.25, -0.2) is 13.9 Å². The number of nitrogens with zero attached hydrogens (tertiary/aromatic N) is 2. The molecule has 2 fully saturated rings. The van der Waals surface area contributed by atoms with Crippen molar-refractivity contribution < 1.29 is 53.5 Å². The van der Waals surface area contributed by atoms with E-state index in [1.807, 2.05) is 0 Å². The van der Waals surface area contributed by atoms with E-state index in [0.29, 0.717) is 0 Å². The van der Waals surface area contributed by atoms with Crippen molar-refractivity contribution in [1.29, 1.82) is 0 Å². The van der Waals surface area contributed by atoms with E-state index >= 15 is 0 Å². The normalized spacial score (nSPS) is 37.4. The van der Waals surface area contributed by atoms with Gasteiger partial charge in [-0.05, 0) is 6.07 Å². The molecule has 0 bridgehead atoms. The van der Waals surface area contributed by atoms with Crippen molar-refractivity contribution in [2.75, 3.05) is 18.9 Å². The molecule has 31 heavy (non-hydrogen) atoms. The fourth-order valence-corrected chi connectivity index (χ4v) is 3.93. The summed E-state index contributed by atoms with van der Waals surface area (Å²) < 4.78 is 32.3. The molecule has 0 spiro atoms. The number of phosphoric acid groups is 1. The number of nitrogens with two attached hydrogens (primary N) is 1. The Balaban J connectivity index is 0.00000341. The molecule has 0 saturated carbocycles. The molecule has 0 aliphatic carbocycles. The fourth-order valence-electron chi connectivity index (χ4n) is 3.07. The van der Waals surface area contributed by atoms with Gasteiger partial charge in [0, 0.05) is 6.20 Å². The molecule has 8 atom stereocenters. The molecule has 0 aromatic carbocycles. The average Bonchev–Trinajstić information content (AvgIpc) is 3.09. The van der Waals surface area contributed by atoms with Crippen LogP contribution < -0.4 is 11.4 Å². The summed E-state index contributed by atoms with van der Waals surface area (Å²) in [6.07, 6.45) is -8.02. The Hall–Kier alpha value is -0.490. The van der Waals surface area contributed by atoms with Crippen LogP contribution in [-0.4, -0.2) is 119 Å². The average molecular weight is 479 g/mol. The molecule has 15 nitrogen and oxygen atoms in total. The summed E-state index contributed by atoms with van der Waals surface area (Å²) in [5, 5.41) is 48.9. The van der Waals surface area contributed by atoms with E-state index in [0.717, 1.165) is 4.57 Å². The molecular formula is C14H23N3NaO12P. The molecule has 1 aromatic rings. The van der Waals surface area contributed by atoms with Crippen molar-refractivity contribution in [3.05, 3.63) is 22.7 Å². The molecule has 0 amide bonds. The van der Waals surface area contributed by atoms with E-state index < -0.39 is 75.9 Å². The van der Waals surface area contributed by atoms with Crippen LogP contribution in [0.4, 0.5) is 5.82 Å². The van der Waals surface area contributed by atoms with Gasteiger partial charge in [-0.15, -0.1) is 0 Å². The van der Waals surface area contributed by atoms with Gasteiger partial charge in [0.15, 0.2) is 6.23 Å². The van der Waals surface area contributed by atoms with E-state index in [1.165, 1.54) is 12.3 Å². The molecule has 0 radical (unpaired) electrons. The Labute approximate surface area is 196 Å². The number of anilines is 1. The topological polar surface area (TPSA) is 236 Å². The van der Waals surface area contributed by atoms with Gasteiger partial charge >= 0.3 is 43.1 Å². The van der Waals surface area contributed by atoms with Gasteiger partial charge < -0.3 is 45.6 Å². The molecule has 2 saturated heterocycles. The first kappa shape index (κ1) is 26.8. The van der Waals surface area contributed by atoms with Crippen LogP contribution in [0.3, 0.4) is 0 Å². The summed E-state index contributed by atoms with van der Waals surface area (Å²) in [7, 11) is -5.02. The number of phosphoric ester groups is 1. The summed E-state index contributed by atoms with van der Waals surface area (Å²) in [4.78, 5) is 25.2. The number of nitrogen functional groups attached to an aromatic ring is 1. The van der Waals surface area contributed by atoms with Gasteiger partial charge in [-0.1, -0.05) is 0 Å². The number of aliphatic hydroxyl groups is 5. The third-order valence-corrected chi connectivity index (χ3v) is 5.53. The molecule has 1 aromatic heterocycles. The van der Waals surface area contributed by atoms with Crippen LogP contribution in [0.15, 0.2) is 17.1 Å². The molecule has 2 aliphatic rings. The van der Waals surface area contributed by atoms with Crippen molar-refractivity contribution in [3.8, 4) is 0 Å². The van der Waals surface area contributed by atoms with Gasteiger partial charge in [0.1, 0.15) is 30.2 Å². The summed E-state index contributed by atoms with van der Waals surface area (Å²) >= 11 is 0. The number of aliphatic hydroxyl groups excluding tert-OH is 4. The summed E-state index contributed by atoms with van der Waals surface area (Å²) in [5.74, 6) is -2.76. The number of hydrogen-bond acceptors (Lipinski definition) is 13. The monoisotopic (exact) mass is 479 g/mol. The summed E-state index contributed by atoms with van der Waals surface area (Å²) in [6, 6.07) is 1.26. The second-order valence-corrected chi connectivity index (χ2v) is 8.15. The van der Waals surface area contributed by atoms with Gasteiger partial charge in [0.05, 0.1) is 25.7 Å². The van der Waals surface area contributed by atoms with Crippen molar-refractivity contribution in [3.63, 3.8) is 0 Å². The summed E-state index contributed by atoms with van der Waals surface area (Å²) in [6.45, 7) is -1.47.